The first kappa shape index (κ1) is 21.5. The Labute approximate surface area is 157 Å². The van der Waals surface area contributed by atoms with Crippen LogP contribution >= 0.6 is 0 Å². The van der Waals surface area contributed by atoms with E-state index in [-0.39, 0.29) is 24.9 Å². The molecule has 0 saturated carbocycles. The van der Waals surface area contributed by atoms with E-state index in [9.17, 15) is 13.6 Å². The summed E-state index contributed by atoms with van der Waals surface area (Å²) in [7, 11) is 2.13. The third-order valence-electron chi connectivity index (χ3n) is 6.28. The lowest BCUT2D eigenvalue weighted by Crippen LogP contribution is -2.60. The van der Waals surface area contributed by atoms with Gasteiger partial charge in [0.05, 0.1) is 13.1 Å². The smallest absolute Gasteiger partial charge is 0.263 e. The molecule has 0 aromatic rings. The number of piperidine rings is 2. The number of carbonyl (C=O) groups excluding carboxylic acids is 1. The Morgan fingerprint density at radius 2 is 1.65 bits per heavy atom. The average Bonchev–Trinajstić information content (AvgIpc) is 2.55. The molecule has 26 heavy (non-hydrogen) atoms. The topological polar surface area (TPSA) is 26.8 Å². The molecule has 0 aromatic carbocycles. The van der Waals surface area contributed by atoms with Gasteiger partial charge in [-0.1, -0.05) is 27.7 Å². The number of hydrogen-bond donors (Lipinski definition) is 0. The largest absolute Gasteiger partial charge is 0.342 e. The second-order valence-electron chi connectivity index (χ2n) is 8.66. The van der Waals surface area contributed by atoms with Crippen molar-refractivity contribution in [3.63, 3.8) is 0 Å². The van der Waals surface area contributed by atoms with E-state index >= 15 is 0 Å². The summed E-state index contributed by atoms with van der Waals surface area (Å²) in [5.74, 6) is -3.24. The number of halogens is 2. The minimum absolute atomic E-state index is 0.0169. The molecule has 3 aliphatic heterocycles. The third kappa shape index (κ3) is 4.75. The van der Waals surface area contributed by atoms with Gasteiger partial charge >= 0.3 is 0 Å². The monoisotopic (exact) mass is 373 g/mol. The standard InChI is InChI=1S/C18H31F2N3O.C2H6/c1-14(2)15-4-7-22(13-18(15,19)20)10-16(24)23-8-5-17(6-9-23)11-21(3)12-17;1-2/h14-15H,4-13H2,1-3H3;1-2H3. The molecule has 3 fully saturated rings. The van der Waals surface area contributed by atoms with Crippen LogP contribution in [0.2, 0.25) is 0 Å². The molecule has 3 heterocycles. The molecular weight excluding hydrogens is 336 g/mol. The van der Waals surface area contributed by atoms with Gasteiger partial charge in [-0.15, -0.1) is 0 Å². The number of rotatable bonds is 3. The van der Waals surface area contributed by atoms with E-state index in [0.29, 0.717) is 18.4 Å². The molecule has 0 aliphatic carbocycles. The van der Waals surface area contributed by atoms with Crippen molar-refractivity contribution in [1.82, 2.24) is 14.7 Å². The van der Waals surface area contributed by atoms with Crippen molar-refractivity contribution < 1.29 is 13.6 Å². The van der Waals surface area contributed by atoms with Crippen LogP contribution in [0.3, 0.4) is 0 Å². The van der Waals surface area contributed by atoms with Crippen LogP contribution in [0, 0.1) is 17.3 Å². The summed E-state index contributed by atoms with van der Waals surface area (Å²) < 4.78 is 28.6. The van der Waals surface area contributed by atoms with E-state index in [1.165, 1.54) is 0 Å². The molecule has 1 spiro atoms. The lowest BCUT2D eigenvalue weighted by Gasteiger charge is -2.53. The maximum Gasteiger partial charge on any atom is 0.263 e. The van der Waals surface area contributed by atoms with Crippen molar-refractivity contribution in [2.75, 3.05) is 52.9 Å². The molecule has 3 aliphatic rings. The maximum absolute atomic E-state index is 14.3. The van der Waals surface area contributed by atoms with Crippen molar-refractivity contribution in [2.24, 2.45) is 17.3 Å². The summed E-state index contributed by atoms with van der Waals surface area (Å²) >= 11 is 0. The van der Waals surface area contributed by atoms with Crippen molar-refractivity contribution in [1.29, 1.82) is 0 Å². The van der Waals surface area contributed by atoms with Crippen LogP contribution in [-0.4, -0.2) is 79.4 Å². The fourth-order valence-corrected chi connectivity index (χ4v) is 4.92. The highest BCUT2D eigenvalue weighted by atomic mass is 19.3. The lowest BCUT2D eigenvalue weighted by molar-refractivity contribution is -0.146. The van der Waals surface area contributed by atoms with E-state index < -0.39 is 11.8 Å². The zero-order chi connectivity index (χ0) is 19.5. The molecule has 0 radical (unpaired) electrons. The number of amides is 1. The van der Waals surface area contributed by atoms with Crippen LogP contribution in [-0.2, 0) is 4.79 Å². The second-order valence-corrected chi connectivity index (χ2v) is 8.66. The number of carbonyl (C=O) groups is 1. The Kier molecular flexibility index (Phi) is 7.05. The first-order valence-electron chi connectivity index (χ1n) is 10.3. The van der Waals surface area contributed by atoms with E-state index in [1.54, 1.807) is 4.90 Å². The van der Waals surface area contributed by atoms with Gasteiger partial charge in [0.15, 0.2) is 0 Å². The molecule has 1 amide bonds. The van der Waals surface area contributed by atoms with Gasteiger partial charge in [0.2, 0.25) is 5.91 Å². The van der Waals surface area contributed by atoms with Crippen LogP contribution in [0.5, 0.6) is 0 Å². The Balaban J connectivity index is 0.00000117. The molecule has 0 aromatic heterocycles. The quantitative estimate of drug-likeness (QED) is 0.760. The second kappa shape index (κ2) is 8.51. The summed E-state index contributed by atoms with van der Waals surface area (Å²) in [5.41, 5.74) is 0.411. The van der Waals surface area contributed by atoms with Crippen LogP contribution in [0.4, 0.5) is 8.78 Å². The molecule has 6 heteroatoms. The number of likely N-dealkylation sites (tertiary alicyclic amines) is 3. The van der Waals surface area contributed by atoms with Gasteiger partial charge in [0, 0.05) is 32.1 Å². The first-order valence-corrected chi connectivity index (χ1v) is 10.3. The molecule has 3 saturated heterocycles. The van der Waals surface area contributed by atoms with Gasteiger partial charge < -0.3 is 9.80 Å². The van der Waals surface area contributed by atoms with Gasteiger partial charge in [-0.2, -0.15) is 0 Å². The molecule has 0 bridgehead atoms. The van der Waals surface area contributed by atoms with E-state index in [0.717, 1.165) is 39.0 Å². The van der Waals surface area contributed by atoms with Gasteiger partial charge in [0.1, 0.15) is 0 Å². The lowest BCUT2D eigenvalue weighted by atomic mass is 9.72. The number of alkyl halides is 2. The van der Waals surface area contributed by atoms with Crippen LogP contribution in [0.15, 0.2) is 0 Å². The van der Waals surface area contributed by atoms with E-state index in [2.05, 4.69) is 11.9 Å². The zero-order valence-corrected chi connectivity index (χ0v) is 17.2. The van der Waals surface area contributed by atoms with E-state index in [4.69, 9.17) is 0 Å². The molecular formula is C20H37F2N3O. The van der Waals surface area contributed by atoms with Crippen molar-refractivity contribution >= 4 is 5.91 Å². The van der Waals surface area contributed by atoms with Gasteiger partial charge in [-0.05, 0) is 44.2 Å². The highest BCUT2D eigenvalue weighted by Crippen LogP contribution is 2.40. The highest BCUT2D eigenvalue weighted by molar-refractivity contribution is 5.78. The van der Waals surface area contributed by atoms with Crippen LogP contribution in [0.25, 0.3) is 0 Å². The van der Waals surface area contributed by atoms with Crippen molar-refractivity contribution in [3.05, 3.63) is 0 Å². The fraction of sp³-hybridized carbons (Fsp3) is 0.950. The van der Waals surface area contributed by atoms with Gasteiger partial charge in [-0.3, -0.25) is 9.69 Å². The fourth-order valence-electron chi connectivity index (χ4n) is 4.92. The Bertz CT molecular complexity index is 468. The number of hydrogen-bond acceptors (Lipinski definition) is 3. The summed E-state index contributed by atoms with van der Waals surface area (Å²) in [5, 5.41) is 0. The van der Waals surface area contributed by atoms with Gasteiger partial charge in [-0.25, -0.2) is 8.78 Å². The van der Waals surface area contributed by atoms with Gasteiger partial charge in [0.25, 0.3) is 5.92 Å². The maximum atomic E-state index is 14.3. The van der Waals surface area contributed by atoms with Crippen molar-refractivity contribution in [2.45, 2.75) is 52.9 Å². The SMILES string of the molecule is CC.CC(C)C1CCN(CC(=O)N2CCC3(CC2)CN(C)C3)CC1(F)F. The zero-order valence-electron chi connectivity index (χ0n) is 17.2. The normalized spacial score (nSPS) is 28.5. The predicted octanol–water partition coefficient (Wildman–Crippen LogP) is 3.18. The predicted molar refractivity (Wildman–Crippen MR) is 101 cm³/mol. The minimum Gasteiger partial charge on any atom is -0.342 e. The molecule has 1 atom stereocenters. The first-order chi connectivity index (χ1) is 12.2. The summed E-state index contributed by atoms with van der Waals surface area (Å²) in [6.45, 7) is 12.0. The Morgan fingerprint density at radius 1 is 1.08 bits per heavy atom. The van der Waals surface area contributed by atoms with Crippen LogP contribution in [0.1, 0.15) is 47.0 Å². The Morgan fingerprint density at radius 3 is 2.12 bits per heavy atom. The summed E-state index contributed by atoms with van der Waals surface area (Å²) in [4.78, 5) is 18.4. The minimum atomic E-state index is -2.69. The van der Waals surface area contributed by atoms with Crippen LogP contribution < -0.4 is 0 Å². The number of nitrogens with zero attached hydrogens (tertiary/aromatic N) is 3. The van der Waals surface area contributed by atoms with E-state index in [1.807, 2.05) is 32.6 Å². The summed E-state index contributed by atoms with van der Waals surface area (Å²) in [6, 6.07) is 0. The molecule has 3 rings (SSSR count). The molecule has 152 valence electrons. The molecule has 1 unspecified atom stereocenters. The van der Waals surface area contributed by atoms with Crippen molar-refractivity contribution in [3.8, 4) is 0 Å². The highest BCUT2D eigenvalue weighted by Gasteiger charge is 2.47. The molecule has 0 N–H and O–H groups in total. The third-order valence-corrected chi connectivity index (χ3v) is 6.28. The average molecular weight is 374 g/mol. The summed E-state index contributed by atoms with van der Waals surface area (Å²) in [6.07, 6.45) is 2.58. The molecule has 4 nitrogen and oxygen atoms in total. The Hall–Kier alpha value is -0.750.